The van der Waals surface area contributed by atoms with Crippen LogP contribution in [0.4, 0.5) is 0 Å². The molecule has 1 aromatic carbocycles. The summed E-state index contributed by atoms with van der Waals surface area (Å²) in [5.74, 6) is 1.99. The monoisotopic (exact) mass is 354 g/mol. The van der Waals surface area contributed by atoms with Gasteiger partial charge in [-0.05, 0) is 62.1 Å². The number of aromatic nitrogens is 1. The Bertz CT molecular complexity index is 680. The van der Waals surface area contributed by atoms with Crippen molar-refractivity contribution >= 4 is 5.91 Å². The van der Waals surface area contributed by atoms with Crippen molar-refractivity contribution in [1.29, 1.82) is 0 Å². The van der Waals surface area contributed by atoms with E-state index in [0.717, 1.165) is 31.6 Å². The summed E-state index contributed by atoms with van der Waals surface area (Å²) in [6.45, 7) is 1.47. The number of amides is 1. The fourth-order valence-electron chi connectivity index (χ4n) is 3.44. The zero-order valence-corrected chi connectivity index (χ0v) is 14.9. The number of rotatable bonds is 7. The molecular weight excluding hydrogens is 328 g/mol. The van der Waals surface area contributed by atoms with Gasteiger partial charge in [-0.3, -0.25) is 4.79 Å². The zero-order valence-electron chi connectivity index (χ0n) is 14.9. The molecule has 3 rings (SSSR count). The summed E-state index contributed by atoms with van der Waals surface area (Å²) in [7, 11) is 0. The van der Waals surface area contributed by atoms with Crippen LogP contribution < -0.4 is 10.1 Å². The predicted octanol–water partition coefficient (Wildman–Crippen LogP) is 3.79. The van der Waals surface area contributed by atoms with Gasteiger partial charge in [0, 0.05) is 18.8 Å². The third kappa shape index (κ3) is 5.48. The van der Waals surface area contributed by atoms with Crippen LogP contribution in [0.1, 0.15) is 42.5 Å². The number of aromatic hydroxyl groups is 1. The molecule has 1 heterocycles. The Morgan fingerprint density at radius 3 is 2.50 bits per heavy atom. The maximum Gasteiger partial charge on any atom is 0.252 e. The zero-order chi connectivity index (χ0) is 18.2. The van der Waals surface area contributed by atoms with Gasteiger partial charge in [0.2, 0.25) is 5.88 Å². The summed E-state index contributed by atoms with van der Waals surface area (Å²) in [5, 5.41) is 12.2. The van der Waals surface area contributed by atoms with E-state index in [0.29, 0.717) is 23.9 Å². The number of benzene rings is 1. The van der Waals surface area contributed by atoms with Gasteiger partial charge in [0.25, 0.3) is 5.91 Å². The number of ether oxygens (including phenoxy) is 1. The van der Waals surface area contributed by atoms with Crippen molar-refractivity contribution in [1.82, 2.24) is 10.3 Å². The topological polar surface area (TPSA) is 71.5 Å². The van der Waals surface area contributed by atoms with E-state index in [4.69, 9.17) is 4.74 Å². The molecule has 0 aliphatic heterocycles. The van der Waals surface area contributed by atoms with Crippen molar-refractivity contribution in [3.05, 3.63) is 54.2 Å². The summed E-state index contributed by atoms with van der Waals surface area (Å²) in [5.41, 5.74) is 0.481. The van der Waals surface area contributed by atoms with Crippen LogP contribution in [-0.2, 0) is 0 Å². The summed E-state index contributed by atoms with van der Waals surface area (Å²) in [4.78, 5) is 15.8. The Balaban J connectivity index is 1.32. The fourth-order valence-corrected chi connectivity index (χ4v) is 3.44. The number of carbonyl (C=O) groups is 1. The Morgan fingerprint density at radius 1 is 1.08 bits per heavy atom. The van der Waals surface area contributed by atoms with E-state index in [-0.39, 0.29) is 11.8 Å². The number of hydrogen-bond donors (Lipinski definition) is 2. The van der Waals surface area contributed by atoms with Gasteiger partial charge in [-0.25, -0.2) is 4.98 Å². The summed E-state index contributed by atoms with van der Waals surface area (Å²) in [6.07, 6.45) is 7.16. The smallest absolute Gasteiger partial charge is 0.252 e. The lowest BCUT2D eigenvalue weighted by atomic mass is 9.80. The molecular formula is C21H26N2O3. The molecule has 0 bridgehead atoms. The highest BCUT2D eigenvalue weighted by molar-refractivity contribution is 5.93. The van der Waals surface area contributed by atoms with E-state index in [9.17, 15) is 9.90 Å². The molecule has 1 amide bonds. The SMILES string of the molecule is O=C(NC[C@H]1CC[C@@H](CCOc2ccccc2)CC1)c1ccc(O)nc1. The summed E-state index contributed by atoms with van der Waals surface area (Å²) in [6, 6.07) is 13.0. The van der Waals surface area contributed by atoms with Crippen molar-refractivity contribution in [2.45, 2.75) is 32.1 Å². The van der Waals surface area contributed by atoms with Crippen LogP contribution in [0.2, 0.25) is 0 Å². The van der Waals surface area contributed by atoms with Crippen LogP contribution >= 0.6 is 0 Å². The highest BCUT2D eigenvalue weighted by atomic mass is 16.5. The summed E-state index contributed by atoms with van der Waals surface area (Å²) >= 11 is 0. The Hall–Kier alpha value is -2.56. The largest absolute Gasteiger partial charge is 0.494 e. The third-order valence-electron chi connectivity index (χ3n) is 5.07. The van der Waals surface area contributed by atoms with Crippen molar-refractivity contribution in [2.75, 3.05) is 13.2 Å². The Morgan fingerprint density at radius 2 is 1.81 bits per heavy atom. The van der Waals surface area contributed by atoms with Gasteiger partial charge in [-0.2, -0.15) is 0 Å². The first-order valence-electron chi connectivity index (χ1n) is 9.32. The second-order valence-corrected chi connectivity index (χ2v) is 6.95. The first kappa shape index (κ1) is 18.2. The van der Waals surface area contributed by atoms with E-state index in [2.05, 4.69) is 10.3 Å². The average Bonchev–Trinajstić information content (AvgIpc) is 2.68. The highest BCUT2D eigenvalue weighted by Gasteiger charge is 2.21. The number of nitrogens with zero attached hydrogens (tertiary/aromatic N) is 1. The fraction of sp³-hybridized carbons (Fsp3) is 0.429. The van der Waals surface area contributed by atoms with E-state index in [1.807, 2.05) is 30.3 Å². The second-order valence-electron chi connectivity index (χ2n) is 6.95. The second kappa shape index (κ2) is 9.22. The molecule has 0 radical (unpaired) electrons. The van der Waals surface area contributed by atoms with Crippen LogP contribution in [0, 0.1) is 11.8 Å². The van der Waals surface area contributed by atoms with Gasteiger partial charge in [0.05, 0.1) is 12.2 Å². The molecule has 138 valence electrons. The van der Waals surface area contributed by atoms with E-state index in [1.54, 1.807) is 6.07 Å². The Kier molecular flexibility index (Phi) is 6.47. The van der Waals surface area contributed by atoms with Crippen LogP contribution in [0.15, 0.2) is 48.7 Å². The maximum atomic E-state index is 12.1. The lowest BCUT2D eigenvalue weighted by Gasteiger charge is -2.28. The van der Waals surface area contributed by atoms with Crippen LogP contribution in [0.5, 0.6) is 11.6 Å². The van der Waals surface area contributed by atoms with Crippen LogP contribution in [-0.4, -0.2) is 29.1 Å². The van der Waals surface area contributed by atoms with Gasteiger partial charge in [0.1, 0.15) is 5.75 Å². The molecule has 0 spiro atoms. The van der Waals surface area contributed by atoms with E-state index < -0.39 is 0 Å². The minimum absolute atomic E-state index is 0.0730. The Labute approximate surface area is 154 Å². The van der Waals surface area contributed by atoms with Crippen molar-refractivity contribution in [3.63, 3.8) is 0 Å². The summed E-state index contributed by atoms with van der Waals surface area (Å²) < 4.78 is 5.79. The number of nitrogens with one attached hydrogen (secondary N) is 1. The number of hydrogen-bond acceptors (Lipinski definition) is 4. The predicted molar refractivity (Wildman–Crippen MR) is 100 cm³/mol. The van der Waals surface area contributed by atoms with E-state index >= 15 is 0 Å². The number of carbonyl (C=O) groups excluding carboxylic acids is 1. The van der Waals surface area contributed by atoms with Crippen molar-refractivity contribution in [3.8, 4) is 11.6 Å². The van der Waals surface area contributed by atoms with Crippen LogP contribution in [0.25, 0.3) is 0 Å². The molecule has 2 N–H and O–H groups in total. The molecule has 5 heteroatoms. The molecule has 1 fully saturated rings. The molecule has 26 heavy (non-hydrogen) atoms. The number of pyridine rings is 1. The molecule has 0 unspecified atom stereocenters. The van der Waals surface area contributed by atoms with Gasteiger partial charge >= 0.3 is 0 Å². The lowest BCUT2D eigenvalue weighted by molar-refractivity contribution is 0.0940. The van der Waals surface area contributed by atoms with Crippen molar-refractivity contribution in [2.24, 2.45) is 11.8 Å². The minimum atomic E-state index is -0.129. The van der Waals surface area contributed by atoms with Crippen molar-refractivity contribution < 1.29 is 14.6 Å². The molecule has 1 aromatic heterocycles. The molecule has 1 aliphatic carbocycles. The normalized spacial score (nSPS) is 19.7. The molecule has 1 saturated carbocycles. The number of para-hydroxylation sites is 1. The third-order valence-corrected chi connectivity index (χ3v) is 5.07. The average molecular weight is 354 g/mol. The van der Waals surface area contributed by atoms with Gasteiger partial charge in [-0.15, -0.1) is 0 Å². The maximum absolute atomic E-state index is 12.1. The highest BCUT2D eigenvalue weighted by Crippen LogP contribution is 2.30. The van der Waals surface area contributed by atoms with E-state index in [1.165, 1.54) is 25.1 Å². The standard InChI is InChI=1S/C21H26N2O3/c24-20-11-10-18(15-22-20)21(25)23-14-17-8-6-16(7-9-17)12-13-26-19-4-2-1-3-5-19/h1-5,10-11,15-17H,6-9,12-14H2,(H,22,24)(H,23,25)/t16-,17+. The molecule has 1 aliphatic rings. The lowest BCUT2D eigenvalue weighted by Crippen LogP contribution is -2.31. The molecule has 0 atom stereocenters. The molecule has 0 saturated heterocycles. The molecule has 5 nitrogen and oxygen atoms in total. The molecule has 2 aromatic rings. The van der Waals surface area contributed by atoms with Gasteiger partial charge in [0.15, 0.2) is 0 Å². The van der Waals surface area contributed by atoms with Gasteiger partial charge in [-0.1, -0.05) is 18.2 Å². The van der Waals surface area contributed by atoms with Gasteiger partial charge < -0.3 is 15.2 Å². The first-order valence-corrected chi connectivity index (χ1v) is 9.32. The van der Waals surface area contributed by atoms with Crippen LogP contribution in [0.3, 0.4) is 0 Å². The minimum Gasteiger partial charge on any atom is -0.494 e. The first-order chi connectivity index (χ1) is 12.7. The quantitative estimate of drug-likeness (QED) is 0.793.